The van der Waals surface area contributed by atoms with Gasteiger partial charge in [-0.3, -0.25) is 4.99 Å². The summed E-state index contributed by atoms with van der Waals surface area (Å²) in [5.41, 5.74) is 2.09. The van der Waals surface area contributed by atoms with E-state index in [0.717, 1.165) is 15.6 Å². The fourth-order valence-electron chi connectivity index (χ4n) is 1.43. The molecule has 18 heavy (non-hydrogen) atoms. The highest BCUT2D eigenvalue weighted by molar-refractivity contribution is 9.10. The summed E-state index contributed by atoms with van der Waals surface area (Å²) < 4.78 is 1.02. The third-order valence-electron chi connectivity index (χ3n) is 2.31. The summed E-state index contributed by atoms with van der Waals surface area (Å²) in [5.74, 6) is 6.12. The second-order valence-corrected chi connectivity index (χ2v) is 4.52. The first kappa shape index (κ1) is 12.6. The number of nitrogens with zero attached hydrogens (tertiary/aromatic N) is 1. The number of rotatable bonds is 2. The zero-order valence-corrected chi connectivity index (χ0v) is 11.4. The zero-order chi connectivity index (χ0) is 12.6. The molecule has 0 radical (unpaired) electrons. The molecule has 0 N–H and O–H groups in total. The number of benzene rings is 2. The van der Waals surface area contributed by atoms with Crippen LogP contribution in [-0.2, 0) is 0 Å². The molecule has 0 saturated carbocycles. The van der Waals surface area contributed by atoms with Gasteiger partial charge in [-0.15, -0.1) is 0 Å². The molecule has 0 aliphatic heterocycles. The van der Waals surface area contributed by atoms with Crippen molar-refractivity contribution >= 4 is 22.1 Å². The summed E-state index contributed by atoms with van der Waals surface area (Å²) in [5, 5.41) is 0. The highest BCUT2D eigenvalue weighted by Gasteiger charge is 1.91. The molecule has 88 valence electrons. The first-order valence-corrected chi connectivity index (χ1v) is 6.44. The first-order valence-electron chi connectivity index (χ1n) is 5.64. The quantitative estimate of drug-likeness (QED) is 0.588. The third kappa shape index (κ3) is 3.87. The van der Waals surface area contributed by atoms with Gasteiger partial charge < -0.3 is 0 Å². The fourth-order valence-corrected chi connectivity index (χ4v) is 1.82. The van der Waals surface area contributed by atoms with Gasteiger partial charge in [0.2, 0.25) is 0 Å². The van der Waals surface area contributed by atoms with Crippen molar-refractivity contribution in [2.75, 3.05) is 6.54 Å². The van der Waals surface area contributed by atoms with Crippen molar-refractivity contribution in [2.24, 2.45) is 4.99 Å². The predicted molar refractivity (Wildman–Crippen MR) is 79.9 cm³/mol. The van der Waals surface area contributed by atoms with Crippen molar-refractivity contribution in [1.82, 2.24) is 0 Å². The van der Waals surface area contributed by atoms with E-state index >= 15 is 0 Å². The van der Waals surface area contributed by atoms with Gasteiger partial charge in [0, 0.05) is 16.3 Å². The lowest BCUT2D eigenvalue weighted by Gasteiger charge is -1.92. The van der Waals surface area contributed by atoms with E-state index < -0.39 is 0 Å². The van der Waals surface area contributed by atoms with Crippen LogP contribution >= 0.6 is 15.9 Å². The largest absolute Gasteiger partial charge is 0.280 e. The van der Waals surface area contributed by atoms with E-state index in [1.807, 2.05) is 60.8 Å². The normalized spacial score (nSPS) is 10.1. The van der Waals surface area contributed by atoms with Crippen molar-refractivity contribution in [3.8, 4) is 11.8 Å². The van der Waals surface area contributed by atoms with Crippen LogP contribution in [0.2, 0.25) is 0 Å². The minimum absolute atomic E-state index is 0.510. The number of hydrogen-bond acceptors (Lipinski definition) is 1. The van der Waals surface area contributed by atoms with Crippen molar-refractivity contribution in [2.45, 2.75) is 0 Å². The van der Waals surface area contributed by atoms with E-state index in [4.69, 9.17) is 0 Å². The molecule has 2 rings (SSSR count). The molecule has 0 saturated heterocycles. The molecule has 0 unspecified atom stereocenters. The highest BCUT2D eigenvalue weighted by atomic mass is 79.9. The van der Waals surface area contributed by atoms with Crippen LogP contribution in [0.15, 0.2) is 64.1 Å². The Kier molecular flexibility index (Phi) is 4.75. The summed E-state index contributed by atoms with van der Waals surface area (Å²) in [7, 11) is 0. The molecule has 1 nitrogen and oxygen atoms in total. The first-order chi connectivity index (χ1) is 8.86. The van der Waals surface area contributed by atoms with Crippen LogP contribution in [0.1, 0.15) is 11.1 Å². The molecule has 2 heteroatoms. The second-order valence-electron chi connectivity index (χ2n) is 3.66. The number of aliphatic imine (C=N–C) groups is 1. The van der Waals surface area contributed by atoms with Crippen LogP contribution in [0.25, 0.3) is 0 Å². The van der Waals surface area contributed by atoms with Crippen molar-refractivity contribution in [3.05, 3.63) is 70.2 Å². The molecular formula is C16H12BrN. The average Bonchev–Trinajstić information content (AvgIpc) is 2.42. The Labute approximate surface area is 116 Å². The fraction of sp³-hybridized carbons (Fsp3) is 0.0625. The van der Waals surface area contributed by atoms with Gasteiger partial charge in [-0.05, 0) is 33.6 Å². The molecule has 0 aromatic heterocycles. The molecule has 0 aliphatic carbocycles. The summed E-state index contributed by atoms with van der Waals surface area (Å²) in [4.78, 5) is 4.27. The zero-order valence-electron chi connectivity index (χ0n) is 9.81. The molecule has 0 bridgehead atoms. The molecule has 0 aliphatic rings. The van der Waals surface area contributed by atoms with Gasteiger partial charge in [-0.25, -0.2) is 0 Å². The lowest BCUT2D eigenvalue weighted by atomic mass is 10.2. The Morgan fingerprint density at radius 3 is 2.50 bits per heavy atom. The van der Waals surface area contributed by atoms with Gasteiger partial charge in [-0.2, -0.15) is 0 Å². The van der Waals surface area contributed by atoms with E-state index in [9.17, 15) is 0 Å². The van der Waals surface area contributed by atoms with Crippen molar-refractivity contribution in [3.63, 3.8) is 0 Å². The minimum Gasteiger partial charge on any atom is -0.280 e. The van der Waals surface area contributed by atoms with E-state index in [1.165, 1.54) is 0 Å². The molecular weight excluding hydrogens is 286 g/mol. The molecule has 0 heterocycles. The summed E-state index contributed by atoms with van der Waals surface area (Å²) in [6, 6.07) is 17.9. The third-order valence-corrected chi connectivity index (χ3v) is 3.00. The van der Waals surface area contributed by atoms with Gasteiger partial charge in [-0.1, -0.05) is 54.3 Å². The lowest BCUT2D eigenvalue weighted by molar-refractivity contribution is 1.30. The Balaban J connectivity index is 1.94. The highest BCUT2D eigenvalue weighted by Crippen LogP contribution is 2.13. The average molecular weight is 298 g/mol. The molecule has 0 atom stereocenters. The monoisotopic (exact) mass is 297 g/mol. The van der Waals surface area contributed by atoms with Crippen LogP contribution in [0, 0.1) is 11.8 Å². The lowest BCUT2D eigenvalue weighted by Crippen LogP contribution is -1.82. The molecule has 0 amide bonds. The topological polar surface area (TPSA) is 12.4 Å². The van der Waals surface area contributed by atoms with E-state index in [-0.39, 0.29) is 0 Å². The Bertz CT molecular complexity index is 591. The van der Waals surface area contributed by atoms with E-state index in [2.05, 4.69) is 32.8 Å². The molecule has 0 spiro atoms. The Hall–Kier alpha value is -1.85. The van der Waals surface area contributed by atoms with Gasteiger partial charge >= 0.3 is 0 Å². The maximum Gasteiger partial charge on any atom is 0.100 e. The molecule has 2 aromatic rings. The van der Waals surface area contributed by atoms with Crippen LogP contribution in [0.3, 0.4) is 0 Å². The van der Waals surface area contributed by atoms with E-state index in [0.29, 0.717) is 6.54 Å². The molecule has 0 fully saturated rings. The van der Waals surface area contributed by atoms with Gasteiger partial charge in [0.1, 0.15) is 6.54 Å². The van der Waals surface area contributed by atoms with Gasteiger partial charge in [0.15, 0.2) is 0 Å². The molecule has 2 aromatic carbocycles. The minimum atomic E-state index is 0.510. The number of hydrogen-bond donors (Lipinski definition) is 0. The summed E-state index contributed by atoms with van der Waals surface area (Å²) in [6.45, 7) is 0.510. The smallest absolute Gasteiger partial charge is 0.100 e. The van der Waals surface area contributed by atoms with Gasteiger partial charge in [0.05, 0.1) is 0 Å². The Morgan fingerprint density at radius 2 is 1.72 bits per heavy atom. The standard InChI is InChI=1S/C16H12BrN/c17-16-11-5-4-9-15(16)10-6-12-18-13-14-7-2-1-3-8-14/h1-5,7-9,11,13H,12H2. The van der Waals surface area contributed by atoms with Crippen LogP contribution < -0.4 is 0 Å². The SMILES string of the molecule is Brc1ccccc1C#CCN=Cc1ccccc1. The van der Waals surface area contributed by atoms with Crippen LogP contribution in [0.4, 0.5) is 0 Å². The maximum absolute atomic E-state index is 4.27. The van der Waals surface area contributed by atoms with Crippen molar-refractivity contribution in [1.29, 1.82) is 0 Å². The summed E-state index contributed by atoms with van der Waals surface area (Å²) in [6.07, 6.45) is 1.84. The van der Waals surface area contributed by atoms with Crippen LogP contribution in [-0.4, -0.2) is 12.8 Å². The Morgan fingerprint density at radius 1 is 1.00 bits per heavy atom. The second kappa shape index (κ2) is 6.78. The maximum atomic E-state index is 4.27. The predicted octanol–water partition coefficient (Wildman–Crippen LogP) is 3.92. The number of halogens is 1. The van der Waals surface area contributed by atoms with E-state index in [1.54, 1.807) is 0 Å². The van der Waals surface area contributed by atoms with Crippen molar-refractivity contribution < 1.29 is 0 Å². The van der Waals surface area contributed by atoms with Crippen LogP contribution in [0.5, 0.6) is 0 Å². The van der Waals surface area contributed by atoms with Gasteiger partial charge in [0.25, 0.3) is 0 Å². The summed E-state index contributed by atoms with van der Waals surface area (Å²) >= 11 is 3.46.